The van der Waals surface area contributed by atoms with E-state index in [1.54, 1.807) is 12.3 Å². The van der Waals surface area contributed by atoms with E-state index in [4.69, 9.17) is 0 Å². The summed E-state index contributed by atoms with van der Waals surface area (Å²) in [5.74, 6) is 1.66. The molecule has 0 aromatic carbocycles. The van der Waals surface area contributed by atoms with E-state index >= 15 is 0 Å². The zero-order valence-electron chi connectivity index (χ0n) is 10.4. The number of anilines is 1. The molecule has 3 rings (SSSR count). The van der Waals surface area contributed by atoms with E-state index in [0.29, 0.717) is 16.7 Å². The lowest BCUT2D eigenvalue weighted by Gasteiger charge is -2.19. The molecule has 2 aliphatic rings. The standard InChI is InChI=1S/C13H18N2O2S/c1-7(16)11-6-18-13(14-11)15-12(17)10-5-8-2-3-9(10)4-8/h6-10,16H,2-5H2,1H3,(H,14,15,17). The zero-order valence-corrected chi connectivity index (χ0v) is 11.2. The number of carbonyl (C=O) groups is 1. The number of carbonyl (C=O) groups excluding carboxylic acids is 1. The molecule has 2 fully saturated rings. The van der Waals surface area contributed by atoms with Gasteiger partial charge in [0.2, 0.25) is 5.91 Å². The number of rotatable bonds is 3. The average Bonchev–Trinajstić information content (AvgIpc) is 3.03. The molecular formula is C13H18N2O2S. The van der Waals surface area contributed by atoms with Crippen LogP contribution in [-0.4, -0.2) is 16.0 Å². The van der Waals surface area contributed by atoms with Crippen LogP contribution in [-0.2, 0) is 4.79 Å². The van der Waals surface area contributed by atoms with Crippen molar-refractivity contribution >= 4 is 22.4 Å². The Morgan fingerprint density at radius 3 is 2.94 bits per heavy atom. The second-order valence-corrected chi connectivity index (χ2v) is 6.38. The highest BCUT2D eigenvalue weighted by atomic mass is 32.1. The number of fused-ring (bicyclic) bond motifs is 2. The molecule has 98 valence electrons. The van der Waals surface area contributed by atoms with Crippen LogP contribution in [0.2, 0.25) is 0 Å². The van der Waals surface area contributed by atoms with Crippen LogP contribution >= 0.6 is 11.3 Å². The maximum absolute atomic E-state index is 12.2. The number of hydrogen-bond acceptors (Lipinski definition) is 4. The smallest absolute Gasteiger partial charge is 0.229 e. The van der Waals surface area contributed by atoms with Gasteiger partial charge in [0.1, 0.15) is 0 Å². The number of hydrogen-bond donors (Lipinski definition) is 2. The number of thiazole rings is 1. The first-order valence-electron chi connectivity index (χ1n) is 6.58. The minimum Gasteiger partial charge on any atom is -0.387 e. The summed E-state index contributed by atoms with van der Waals surface area (Å²) in [5.41, 5.74) is 0.628. The highest BCUT2D eigenvalue weighted by Gasteiger charge is 2.43. The van der Waals surface area contributed by atoms with Crippen molar-refractivity contribution in [1.29, 1.82) is 0 Å². The minimum atomic E-state index is -0.575. The van der Waals surface area contributed by atoms with Crippen molar-refractivity contribution in [3.05, 3.63) is 11.1 Å². The van der Waals surface area contributed by atoms with Gasteiger partial charge in [0.15, 0.2) is 5.13 Å². The molecule has 2 saturated carbocycles. The first-order valence-corrected chi connectivity index (χ1v) is 7.46. The molecule has 4 unspecified atom stereocenters. The number of aliphatic hydroxyl groups is 1. The largest absolute Gasteiger partial charge is 0.387 e. The minimum absolute atomic E-state index is 0.119. The molecule has 0 saturated heterocycles. The molecule has 0 aliphatic heterocycles. The zero-order chi connectivity index (χ0) is 12.7. The lowest BCUT2D eigenvalue weighted by atomic mass is 9.88. The van der Waals surface area contributed by atoms with Crippen molar-refractivity contribution in [2.24, 2.45) is 17.8 Å². The summed E-state index contributed by atoms with van der Waals surface area (Å²) in [7, 11) is 0. The van der Waals surface area contributed by atoms with Crippen molar-refractivity contribution in [3.63, 3.8) is 0 Å². The average molecular weight is 266 g/mol. The Labute approximate surface area is 110 Å². The van der Waals surface area contributed by atoms with Crippen molar-refractivity contribution in [2.75, 3.05) is 5.32 Å². The Morgan fingerprint density at radius 1 is 1.56 bits per heavy atom. The predicted molar refractivity (Wildman–Crippen MR) is 70.3 cm³/mol. The molecule has 1 heterocycles. The van der Waals surface area contributed by atoms with Crippen molar-refractivity contribution in [2.45, 2.75) is 38.7 Å². The summed E-state index contributed by atoms with van der Waals surface area (Å²) in [6.45, 7) is 1.68. The van der Waals surface area contributed by atoms with Crippen LogP contribution in [0, 0.1) is 17.8 Å². The first kappa shape index (κ1) is 12.1. The van der Waals surface area contributed by atoms with Gasteiger partial charge in [-0.2, -0.15) is 0 Å². The molecule has 0 spiro atoms. The molecule has 5 heteroatoms. The van der Waals surface area contributed by atoms with Crippen LogP contribution in [0.4, 0.5) is 5.13 Å². The van der Waals surface area contributed by atoms with E-state index < -0.39 is 6.10 Å². The fourth-order valence-electron chi connectivity index (χ4n) is 3.30. The lowest BCUT2D eigenvalue weighted by molar-refractivity contribution is -0.121. The summed E-state index contributed by atoms with van der Waals surface area (Å²) >= 11 is 1.38. The molecule has 18 heavy (non-hydrogen) atoms. The monoisotopic (exact) mass is 266 g/mol. The van der Waals surface area contributed by atoms with Crippen LogP contribution in [0.3, 0.4) is 0 Å². The van der Waals surface area contributed by atoms with E-state index in [9.17, 15) is 9.90 Å². The summed E-state index contributed by atoms with van der Waals surface area (Å²) in [6, 6.07) is 0. The summed E-state index contributed by atoms with van der Waals surface area (Å²) in [4.78, 5) is 16.4. The summed E-state index contributed by atoms with van der Waals surface area (Å²) in [6.07, 6.45) is 4.21. The molecule has 4 nitrogen and oxygen atoms in total. The predicted octanol–water partition coefficient (Wildman–Crippen LogP) is 2.57. The molecule has 2 bridgehead atoms. The Hall–Kier alpha value is -0.940. The van der Waals surface area contributed by atoms with Gasteiger partial charge in [0.25, 0.3) is 0 Å². The third kappa shape index (κ3) is 2.17. The molecule has 1 amide bonds. The first-order chi connectivity index (χ1) is 8.63. The van der Waals surface area contributed by atoms with Crippen molar-refractivity contribution < 1.29 is 9.90 Å². The molecular weight excluding hydrogens is 248 g/mol. The third-order valence-electron chi connectivity index (χ3n) is 4.25. The summed E-state index contributed by atoms with van der Waals surface area (Å²) in [5, 5.41) is 14.7. The topological polar surface area (TPSA) is 62.2 Å². The molecule has 4 atom stereocenters. The van der Waals surface area contributed by atoms with E-state index in [1.807, 2.05) is 0 Å². The second kappa shape index (κ2) is 4.63. The van der Waals surface area contributed by atoms with Crippen molar-refractivity contribution in [1.82, 2.24) is 4.98 Å². The van der Waals surface area contributed by atoms with Crippen molar-refractivity contribution in [3.8, 4) is 0 Å². The van der Waals surface area contributed by atoms with Gasteiger partial charge in [-0.05, 0) is 38.0 Å². The fraction of sp³-hybridized carbons (Fsp3) is 0.692. The maximum atomic E-state index is 12.2. The van der Waals surface area contributed by atoms with Gasteiger partial charge < -0.3 is 10.4 Å². The quantitative estimate of drug-likeness (QED) is 0.884. The SMILES string of the molecule is CC(O)c1csc(NC(=O)C2CC3CCC2C3)n1. The van der Waals surface area contributed by atoms with Crippen LogP contribution in [0.25, 0.3) is 0 Å². The molecule has 1 aromatic rings. The van der Waals surface area contributed by atoms with Crippen LogP contribution in [0.1, 0.15) is 44.4 Å². The number of amides is 1. The van der Waals surface area contributed by atoms with Crippen LogP contribution in [0.15, 0.2) is 5.38 Å². The highest BCUT2D eigenvalue weighted by Crippen LogP contribution is 2.48. The van der Waals surface area contributed by atoms with Gasteiger partial charge in [-0.1, -0.05) is 6.42 Å². The lowest BCUT2D eigenvalue weighted by Crippen LogP contribution is -2.27. The fourth-order valence-corrected chi connectivity index (χ4v) is 4.10. The van der Waals surface area contributed by atoms with Gasteiger partial charge in [-0.3, -0.25) is 4.79 Å². The van der Waals surface area contributed by atoms with Gasteiger partial charge in [0.05, 0.1) is 11.8 Å². The summed E-state index contributed by atoms with van der Waals surface area (Å²) < 4.78 is 0. The number of nitrogens with one attached hydrogen (secondary N) is 1. The molecule has 2 aliphatic carbocycles. The number of nitrogens with zero attached hydrogens (tertiary/aromatic N) is 1. The van der Waals surface area contributed by atoms with Crippen LogP contribution in [0.5, 0.6) is 0 Å². The van der Waals surface area contributed by atoms with Gasteiger partial charge in [-0.15, -0.1) is 11.3 Å². The van der Waals surface area contributed by atoms with E-state index in [-0.39, 0.29) is 11.8 Å². The Morgan fingerprint density at radius 2 is 2.39 bits per heavy atom. The third-order valence-corrected chi connectivity index (χ3v) is 5.03. The molecule has 2 N–H and O–H groups in total. The van der Waals surface area contributed by atoms with Gasteiger partial charge >= 0.3 is 0 Å². The van der Waals surface area contributed by atoms with Crippen LogP contribution < -0.4 is 5.32 Å². The Balaban J connectivity index is 1.63. The molecule has 1 aromatic heterocycles. The normalized spacial score (nSPS) is 31.6. The molecule has 0 radical (unpaired) electrons. The van der Waals surface area contributed by atoms with Gasteiger partial charge in [0, 0.05) is 11.3 Å². The highest BCUT2D eigenvalue weighted by molar-refractivity contribution is 7.13. The number of aromatic nitrogens is 1. The maximum Gasteiger partial charge on any atom is 0.229 e. The van der Waals surface area contributed by atoms with E-state index in [0.717, 1.165) is 12.3 Å². The second-order valence-electron chi connectivity index (χ2n) is 5.52. The van der Waals surface area contributed by atoms with Gasteiger partial charge in [-0.25, -0.2) is 4.98 Å². The van der Waals surface area contributed by atoms with E-state index in [1.165, 1.54) is 30.6 Å². The number of aliphatic hydroxyl groups excluding tert-OH is 1. The Bertz CT molecular complexity index is 458. The Kier molecular flexibility index (Phi) is 3.11. The van der Waals surface area contributed by atoms with E-state index in [2.05, 4.69) is 10.3 Å².